The fourth-order valence-electron chi connectivity index (χ4n) is 3.48. The van der Waals surface area contributed by atoms with Crippen LogP contribution in [-0.2, 0) is 4.79 Å². The second-order valence-electron chi connectivity index (χ2n) is 6.82. The standard InChI is InChI=1S/C20H25N5O3/c1-13-12-24(20(27)28-17-4-3-7-23-11-17)19-8-15(16(9-21)10-22)5-6-18(19)25(13)14(2)26/h3-8,11,13,16H,9-10,12,21-22H2,1-2H3/t13-/m0/s1. The molecule has 1 aliphatic rings. The molecular weight excluding hydrogens is 358 g/mol. The summed E-state index contributed by atoms with van der Waals surface area (Å²) in [5.41, 5.74) is 13.8. The van der Waals surface area contributed by atoms with Crippen LogP contribution in [-0.4, -0.2) is 42.7 Å². The normalized spacial score (nSPS) is 16.1. The quantitative estimate of drug-likeness (QED) is 0.832. The van der Waals surface area contributed by atoms with Gasteiger partial charge in [0, 0.05) is 38.7 Å². The third-order valence-corrected chi connectivity index (χ3v) is 4.88. The SMILES string of the molecule is CC(=O)N1c2ccc(C(CN)CN)cc2N(C(=O)Oc2cccnc2)C[C@@H]1C. The molecule has 1 aromatic carbocycles. The highest BCUT2D eigenvalue weighted by Crippen LogP contribution is 2.38. The first kappa shape index (κ1) is 19.8. The van der Waals surface area contributed by atoms with E-state index >= 15 is 0 Å². The average molecular weight is 383 g/mol. The zero-order valence-corrected chi connectivity index (χ0v) is 16.0. The van der Waals surface area contributed by atoms with Gasteiger partial charge in [-0.1, -0.05) is 6.07 Å². The number of ether oxygens (including phenoxy) is 1. The molecule has 0 spiro atoms. The second-order valence-corrected chi connectivity index (χ2v) is 6.82. The molecule has 0 fully saturated rings. The van der Waals surface area contributed by atoms with E-state index < -0.39 is 6.09 Å². The van der Waals surface area contributed by atoms with Gasteiger partial charge in [-0.25, -0.2) is 4.79 Å². The number of nitrogens with two attached hydrogens (primary N) is 2. The van der Waals surface area contributed by atoms with E-state index in [1.807, 2.05) is 25.1 Å². The molecule has 0 unspecified atom stereocenters. The predicted molar refractivity (Wildman–Crippen MR) is 108 cm³/mol. The van der Waals surface area contributed by atoms with Crippen LogP contribution >= 0.6 is 0 Å². The number of benzene rings is 1. The topological polar surface area (TPSA) is 115 Å². The van der Waals surface area contributed by atoms with Crippen molar-refractivity contribution in [1.29, 1.82) is 0 Å². The van der Waals surface area contributed by atoms with E-state index in [0.717, 1.165) is 5.56 Å². The van der Waals surface area contributed by atoms with E-state index in [0.29, 0.717) is 36.8 Å². The first-order valence-electron chi connectivity index (χ1n) is 9.19. The van der Waals surface area contributed by atoms with E-state index in [2.05, 4.69) is 4.98 Å². The van der Waals surface area contributed by atoms with Crippen LogP contribution in [0.15, 0.2) is 42.7 Å². The summed E-state index contributed by atoms with van der Waals surface area (Å²) in [6.45, 7) is 4.50. The third-order valence-electron chi connectivity index (χ3n) is 4.88. The molecule has 2 amide bonds. The van der Waals surface area contributed by atoms with Crippen molar-refractivity contribution in [3.8, 4) is 5.75 Å². The molecular formula is C20H25N5O3. The van der Waals surface area contributed by atoms with E-state index in [-0.39, 0.29) is 17.9 Å². The van der Waals surface area contributed by atoms with E-state index in [1.54, 1.807) is 28.1 Å². The van der Waals surface area contributed by atoms with Crippen LogP contribution in [0, 0.1) is 0 Å². The number of nitrogens with zero attached hydrogens (tertiary/aromatic N) is 3. The van der Waals surface area contributed by atoms with Gasteiger partial charge < -0.3 is 21.1 Å². The fourth-order valence-corrected chi connectivity index (χ4v) is 3.48. The highest BCUT2D eigenvalue weighted by molar-refractivity contribution is 6.02. The number of aromatic nitrogens is 1. The molecule has 0 bridgehead atoms. The maximum atomic E-state index is 12.9. The molecule has 0 aliphatic carbocycles. The third kappa shape index (κ3) is 3.83. The minimum absolute atomic E-state index is 0.0355. The van der Waals surface area contributed by atoms with Crippen molar-refractivity contribution in [2.24, 2.45) is 11.5 Å². The summed E-state index contributed by atoms with van der Waals surface area (Å²) >= 11 is 0. The molecule has 3 rings (SSSR count). The lowest BCUT2D eigenvalue weighted by molar-refractivity contribution is -0.117. The summed E-state index contributed by atoms with van der Waals surface area (Å²) in [5.74, 6) is 0.233. The molecule has 8 heteroatoms. The fraction of sp³-hybridized carbons (Fsp3) is 0.350. The average Bonchev–Trinajstić information content (AvgIpc) is 2.68. The monoisotopic (exact) mass is 383 g/mol. The van der Waals surface area contributed by atoms with Crippen molar-refractivity contribution >= 4 is 23.4 Å². The molecule has 0 radical (unpaired) electrons. The molecule has 0 saturated heterocycles. The summed E-state index contributed by atoms with van der Waals surface area (Å²) in [6.07, 6.45) is 2.55. The number of amides is 2. The largest absolute Gasteiger partial charge is 0.419 e. The summed E-state index contributed by atoms with van der Waals surface area (Å²) in [5, 5.41) is 0. The van der Waals surface area contributed by atoms with Gasteiger partial charge >= 0.3 is 6.09 Å². The van der Waals surface area contributed by atoms with Crippen molar-refractivity contribution in [2.75, 3.05) is 29.4 Å². The number of hydrogen-bond acceptors (Lipinski definition) is 6. The Morgan fingerprint density at radius 1 is 1.25 bits per heavy atom. The Morgan fingerprint density at radius 2 is 2.00 bits per heavy atom. The summed E-state index contributed by atoms with van der Waals surface area (Å²) in [4.78, 5) is 32.3. The number of rotatable bonds is 4. The zero-order valence-electron chi connectivity index (χ0n) is 16.0. The Bertz CT molecular complexity index is 854. The number of pyridine rings is 1. The van der Waals surface area contributed by atoms with E-state index in [9.17, 15) is 9.59 Å². The van der Waals surface area contributed by atoms with E-state index in [1.165, 1.54) is 13.1 Å². The van der Waals surface area contributed by atoms with Crippen molar-refractivity contribution < 1.29 is 14.3 Å². The van der Waals surface area contributed by atoms with Gasteiger partial charge in [0.25, 0.3) is 0 Å². The summed E-state index contributed by atoms with van der Waals surface area (Å²) < 4.78 is 5.48. The molecule has 4 N–H and O–H groups in total. The maximum absolute atomic E-state index is 12.9. The van der Waals surface area contributed by atoms with Gasteiger partial charge in [0.05, 0.1) is 23.6 Å². The predicted octanol–water partition coefficient (Wildman–Crippen LogP) is 1.84. The number of carbonyl (C=O) groups is 2. The lowest BCUT2D eigenvalue weighted by Gasteiger charge is -2.40. The highest BCUT2D eigenvalue weighted by atomic mass is 16.6. The molecule has 1 aliphatic heterocycles. The molecule has 1 aromatic heterocycles. The van der Waals surface area contributed by atoms with E-state index in [4.69, 9.17) is 16.2 Å². The van der Waals surface area contributed by atoms with Crippen LogP contribution in [0.25, 0.3) is 0 Å². The van der Waals surface area contributed by atoms with Crippen LogP contribution in [0.2, 0.25) is 0 Å². The lowest BCUT2D eigenvalue weighted by atomic mass is 9.96. The second kappa shape index (κ2) is 8.37. The van der Waals surface area contributed by atoms with Crippen molar-refractivity contribution in [3.63, 3.8) is 0 Å². The number of hydrogen-bond donors (Lipinski definition) is 2. The minimum atomic E-state index is -0.529. The molecule has 2 heterocycles. The van der Waals surface area contributed by atoms with Crippen LogP contribution in [0.3, 0.4) is 0 Å². The number of carbonyl (C=O) groups excluding carboxylic acids is 2. The van der Waals surface area contributed by atoms with Crippen LogP contribution in [0.1, 0.15) is 25.3 Å². The van der Waals surface area contributed by atoms with Crippen LogP contribution in [0.5, 0.6) is 5.75 Å². The van der Waals surface area contributed by atoms with Gasteiger partial charge in [0.15, 0.2) is 5.75 Å². The first-order chi connectivity index (χ1) is 13.5. The van der Waals surface area contributed by atoms with Gasteiger partial charge in [0.2, 0.25) is 5.91 Å². The Labute approximate surface area is 164 Å². The zero-order chi connectivity index (χ0) is 20.3. The number of anilines is 2. The Hall–Kier alpha value is -2.97. The van der Waals surface area contributed by atoms with Crippen molar-refractivity contribution in [1.82, 2.24) is 4.98 Å². The van der Waals surface area contributed by atoms with Gasteiger partial charge in [-0.15, -0.1) is 0 Å². The van der Waals surface area contributed by atoms with Gasteiger partial charge in [-0.3, -0.25) is 14.7 Å². The van der Waals surface area contributed by atoms with Crippen molar-refractivity contribution in [3.05, 3.63) is 48.3 Å². The summed E-state index contributed by atoms with van der Waals surface area (Å²) in [7, 11) is 0. The smallest absolute Gasteiger partial charge is 0.408 e. The molecule has 148 valence electrons. The Morgan fingerprint density at radius 3 is 2.61 bits per heavy atom. The minimum Gasteiger partial charge on any atom is -0.408 e. The molecule has 8 nitrogen and oxygen atoms in total. The highest BCUT2D eigenvalue weighted by Gasteiger charge is 2.35. The van der Waals surface area contributed by atoms with Gasteiger partial charge in [0.1, 0.15) is 0 Å². The van der Waals surface area contributed by atoms with Crippen LogP contribution < -0.4 is 26.0 Å². The van der Waals surface area contributed by atoms with Crippen LogP contribution in [0.4, 0.5) is 16.2 Å². The van der Waals surface area contributed by atoms with Crippen molar-refractivity contribution in [2.45, 2.75) is 25.8 Å². The molecule has 2 aromatic rings. The molecule has 28 heavy (non-hydrogen) atoms. The molecule has 0 saturated carbocycles. The Kier molecular flexibility index (Phi) is 5.91. The number of fused-ring (bicyclic) bond motifs is 1. The summed E-state index contributed by atoms with van der Waals surface area (Å²) in [6, 6.07) is 8.77. The first-order valence-corrected chi connectivity index (χ1v) is 9.19. The molecule has 1 atom stereocenters. The van der Waals surface area contributed by atoms with Gasteiger partial charge in [-0.05, 0) is 36.8 Å². The maximum Gasteiger partial charge on any atom is 0.419 e. The lowest BCUT2D eigenvalue weighted by Crippen LogP contribution is -2.52. The van der Waals surface area contributed by atoms with Gasteiger partial charge in [-0.2, -0.15) is 0 Å². The Balaban J connectivity index is 2.02.